The standard InChI is InChI=1S/C20H20ClF3N4O3/c1-12-16(13(2)28-19(25-12)26-18(27-28)20(22,23)24)8-9-17(29)31-11-3-10-30-15-6-4-14(21)5-7-15/h4-7H,3,8-11H2,1-2H3. The molecule has 0 atom stereocenters. The van der Waals surface area contributed by atoms with Gasteiger partial charge in [-0.15, -0.1) is 5.10 Å². The molecule has 0 aliphatic rings. The third-order valence-electron chi connectivity index (χ3n) is 4.52. The van der Waals surface area contributed by atoms with E-state index >= 15 is 0 Å². The highest BCUT2D eigenvalue weighted by Crippen LogP contribution is 2.27. The van der Waals surface area contributed by atoms with Gasteiger partial charge in [-0.25, -0.2) is 9.50 Å². The Hall–Kier alpha value is -2.88. The lowest BCUT2D eigenvalue weighted by Crippen LogP contribution is -2.12. The van der Waals surface area contributed by atoms with Crippen molar-refractivity contribution in [1.82, 2.24) is 19.6 Å². The van der Waals surface area contributed by atoms with E-state index in [1.807, 2.05) is 0 Å². The van der Waals surface area contributed by atoms with Gasteiger partial charge in [0.25, 0.3) is 11.6 Å². The Labute approximate surface area is 181 Å². The summed E-state index contributed by atoms with van der Waals surface area (Å²) in [6, 6.07) is 6.93. The Morgan fingerprint density at radius 2 is 1.84 bits per heavy atom. The maximum absolute atomic E-state index is 12.9. The minimum Gasteiger partial charge on any atom is -0.493 e. The third kappa shape index (κ3) is 5.84. The third-order valence-corrected chi connectivity index (χ3v) is 4.77. The number of carbonyl (C=O) groups is 1. The van der Waals surface area contributed by atoms with Crippen LogP contribution >= 0.6 is 11.6 Å². The van der Waals surface area contributed by atoms with Crippen molar-refractivity contribution < 1.29 is 27.4 Å². The minimum atomic E-state index is -4.66. The first kappa shape index (κ1) is 22.8. The van der Waals surface area contributed by atoms with Crippen molar-refractivity contribution >= 4 is 23.3 Å². The van der Waals surface area contributed by atoms with Gasteiger partial charge in [0.15, 0.2) is 0 Å². The number of hydrogen-bond acceptors (Lipinski definition) is 6. The summed E-state index contributed by atoms with van der Waals surface area (Å²) in [5, 5.41) is 4.11. The molecule has 2 heterocycles. The van der Waals surface area contributed by atoms with Crippen LogP contribution in [0.3, 0.4) is 0 Å². The molecule has 31 heavy (non-hydrogen) atoms. The Morgan fingerprint density at radius 1 is 1.13 bits per heavy atom. The van der Waals surface area contributed by atoms with Gasteiger partial charge in [-0.3, -0.25) is 4.79 Å². The average molecular weight is 457 g/mol. The van der Waals surface area contributed by atoms with Crippen LogP contribution in [0, 0.1) is 13.8 Å². The fraction of sp³-hybridized carbons (Fsp3) is 0.400. The molecule has 0 fully saturated rings. The predicted molar refractivity (Wildman–Crippen MR) is 106 cm³/mol. The second-order valence-corrected chi connectivity index (χ2v) is 7.22. The van der Waals surface area contributed by atoms with Gasteiger partial charge in [0, 0.05) is 29.3 Å². The van der Waals surface area contributed by atoms with Gasteiger partial charge in [0.1, 0.15) is 5.75 Å². The maximum Gasteiger partial charge on any atom is 0.453 e. The van der Waals surface area contributed by atoms with Gasteiger partial charge in [-0.1, -0.05) is 11.6 Å². The molecule has 0 saturated heterocycles. The van der Waals surface area contributed by atoms with Crippen molar-refractivity contribution in [2.75, 3.05) is 13.2 Å². The van der Waals surface area contributed by atoms with Crippen molar-refractivity contribution in [3.05, 3.63) is 52.1 Å². The molecule has 3 aromatic rings. The van der Waals surface area contributed by atoms with E-state index < -0.39 is 18.0 Å². The molecule has 2 aromatic heterocycles. The highest BCUT2D eigenvalue weighted by molar-refractivity contribution is 6.30. The summed E-state index contributed by atoms with van der Waals surface area (Å²) in [5.41, 5.74) is 1.58. The number of hydrogen-bond donors (Lipinski definition) is 0. The molecule has 7 nitrogen and oxygen atoms in total. The highest BCUT2D eigenvalue weighted by Gasteiger charge is 2.36. The predicted octanol–water partition coefficient (Wildman–Crippen LogP) is 4.36. The van der Waals surface area contributed by atoms with Gasteiger partial charge in [-0.05, 0) is 50.1 Å². The highest BCUT2D eigenvalue weighted by atomic mass is 35.5. The van der Waals surface area contributed by atoms with Crippen LogP contribution in [0.2, 0.25) is 5.02 Å². The quantitative estimate of drug-likeness (QED) is 0.370. The Kier molecular flexibility index (Phi) is 6.99. The van der Waals surface area contributed by atoms with E-state index in [0.29, 0.717) is 40.8 Å². The van der Waals surface area contributed by atoms with E-state index in [4.69, 9.17) is 21.1 Å². The first-order chi connectivity index (χ1) is 14.6. The number of halogens is 4. The van der Waals surface area contributed by atoms with E-state index in [-0.39, 0.29) is 25.2 Å². The van der Waals surface area contributed by atoms with Crippen LogP contribution in [-0.2, 0) is 22.1 Å². The first-order valence-electron chi connectivity index (χ1n) is 9.49. The molecule has 1 aromatic carbocycles. The molecule has 166 valence electrons. The molecule has 0 bridgehead atoms. The zero-order valence-corrected chi connectivity index (χ0v) is 17.6. The van der Waals surface area contributed by atoms with Gasteiger partial charge >= 0.3 is 12.1 Å². The molecule has 3 rings (SSSR count). The van der Waals surface area contributed by atoms with Crippen LogP contribution in [-0.4, -0.2) is 38.8 Å². The second kappa shape index (κ2) is 9.51. The molecule has 0 aliphatic carbocycles. The van der Waals surface area contributed by atoms with Gasteiger partial charge in [-0.2, -0.15) is 18.2 Å². The SMILES string of the molecule is Cc1nc2nc(C(F)(F)F)nn2c(C)c1CCC(=O)OCCCOc1ccc(Cl)cc1. The number of rotatable bonds is 8. The number of alkyl halides is 3. The second-order valence-electron chi connectivity index (χ2n) is 6.78. The molecule has 0 radical (unpaired) electrons. The van der Waals surface area contributed by atoms with Crippen LogP contribution in [0.25, 0.3) is 5.78 Å². The summed E-state index contributed by atoms with van der Waals surface area (Å²) in [6.07, 6.45) is -3.82. The fourth-order valence-electron chi connectivity index (χ4n) is 2.96. The average Bonchev–Trinajstić information content (AvgIpc) is 3.13. The van der Waals surface area contributed by atoms with Crippen LogP contribution in [0.1, 0.15) is 35.6 Å². The van der Waals surface area contributed by atoms with Gasteiger partial charge in [0.2, 0.25) is 0 Å². The lowest BCUT2D eigenvalue weighted by molar-refractivity contribution is -0.145. The Morgan fingerprint density at radius 3 is 2.52 bits per heavy atom. The zero-order valence-electron chi connectivity index (χ0n) is 16.9. The molecule has 0 unspecified atom stereocenters. The number of carbonyl (C=O) groups excluding carboxylic acids is 1. The Bertz CT molecular complexity index is 1070. The number of aromatic nitrogens is 4. The topological polar surface area (TPSA) is 78.6 Å². The number of ether oxygens (including phenoxy) is 2. The number of nitrogens with zero attached hydrogens (tertiary/aromatic N) is 4. The van der Waals surface area contributed by atoms with Crippen molar-refractivity contribution in [2.45, 2.75) is 39.3 Å². The molecule has 0 spiro atoms. The maximum atomic E-state index is 12.9. The number of fused-ring (bicyclic) bond motifs is 1. The lowest BCUT2D eigenvalue weighted by atomic mass is 10.1. The summed E-state index contributed by atoms with van der Waals surface area (Å²) in [6.45, 7) is 3.84. The van der Waals surface area contributed by atoms with Crippen LogP contribution in [0.5, 0.6) is 5.75 Å². The normalized spacial score (nSPS) is 11.7. The molecule has 0 amide bonds. The molecule has 0 saturated carbocycles. The van der Waals surface area contributed by atoms with E-state index in [0.717, 1.165) is 4.52 Å². The summed E-state index contributed by atoms with van der Waals surface area (Å²) in [5.74, 6) is -1.12. The fourth-order valence-corrected chi connectivity index (χ4v) is 3.08. The molecular weight excluding hydrogens is 437 g/mol. The molecule has 0 aliphatic heterocycles. The number of aryl methyl sites for hydroxylation is 2. The summed E-state index contributed by atoms with van der Waals surface area (Å²) in [7, 11) is 0. The first-order valence-corrected chi connectivity index (χ1v) is 9.87. The van der Waals surface area contributed by atoms with Crippen LogP contribution in [0.4, 0.5) is 13.2 Å². The van der Waals surface area contributed by atoms with E-state index in [1.54, 1.807) is 38.1 Å². The van der Waals surface area contributed by atoms with Crippen molar-refractivity contribution in [2.24, 2.45) is 0 Å². The van der Waals surface area contributed by atoms with Gasteiger partial charge in [0.05, 0.1) is 13.2 Å². The van der Waals surface area contributed by atoms with Crippen LogP contribution in [0.15, 0.2) is 24.3 Å². The number of benzene rings is 1. The lowest BCUT2D eigenvalue weighted by Gasteiger charge is -2.10. The minimum absolute atomic E-state index is 0.0632. The van der Waals surface area contributed by atoms with Crippen LogP contribution < -0.4 is 4.74 Å². The van der Waals surface area contributed by atoms with Crippen molar-refractivity contribution in [3.8, 4) is 5.75 Å². The number of esters is 1. The van der Waals surface area contributed by atoms with E-state index in [9.17, 15) is 18.0 Å². The van der Waals surface area contributed by atoms with E-state index in [1.165, 1.54) is 0 Å². The molecule has 11 heteroatoms. The zero-order chi connectivity index (χ0) is 22.6. The molecule has 0 N–H and O–H groups in total. The molecular formula is C20H20ClF3N4O3. The summed E-state index contributed by atoms with van der Waals surface area (Å²) in [4.78, 5) is 19.5. The summed E-state index contributed by atoms with van der Waals surface area (Å²) < 4.78 is 50.3. The monoisotopic (exact) mass is 456 g/mol. The van der Waals surface area contributed by atoms with E-state index in [2.05, 4.69) is 15.1 Å². The van der Waals surface area contributed by atoms with Crippen molar-refractivity contribution in [3.63, 3.8) is 0 Å². The smallest absolute Gasteiger partial charge is 0.453 e. The van der Waals surface area contributed by atoms with Gasteiger partial charge < -0.3 is 9.47 Å². The summed E-state index contributed by atoms with van der Waals surface area (Å²) >= 11 is 5.80. The Balaban J connectivity index is 1.49. The largest absolute Gasteiger partial charge is 0.493 e. The van der Waals surface area contributed by atoms with Crippen molar-refractivity contribution in [1.29, 1.82) is 0 Å².